The number of aromatic amines is 1. The number of carbonyl (C=O) groups is 4. The second kappa shape index (κ2) is 17.7. The average molecular weight is 840 g/mol. The van der Waals surface area contributed by atoms with Crippen molar-refractivity contribution < 1.29 is 45.9 Å². The number of fused-ring (bicyclic) bond motifs is 5. The van der Waals surface area contributed by atoms with Gasteiger partial charge in [0, 0.05) is 54.6 Å². The van der Waals surface area contributed by atoms with E-state index in [1.54, 1.807) is 9.80 Å². The molecule has 1 aromatic heterocycles. The molecule has 14 nitrogen and oxygen atoms in total. The number of H-pyrrole nitrogens is 1. The maximum absolute atomic E-state index is 14.6. The number of amides is 4. The molecule has 1 spiro atoms. The van der Waals surface area contributed by atoms with Crippen molar-refractivity contribution in [1.82, 2.24) is 25.4 Å². The molecule has 0 radical (unpaired) electrons. The lowest BCUT2D eigenvalue weighted by Gasteiger charge is -2.40. The molecule has 1 saturated heterocycles. The summed E-state index contributed by atoms with van der Waals surface area (Å²) < 4.78 is 58.6. The summed E-state index contributed by atoms with van der Waals surface area (Å²) in [5, 5.41) is 14.2. The number of rotatable bonds is 10. The second-order valence-corrected chi connectivity index (χ2v) is 17.1. The lowest BCUT2D eigenvalue weighted by Crippen LogP contribution is -2.58. The zero-order valence-corrected chi connectivity index (χ0v) is 33.3. The molecule has 18 heteroatoms. The van der Waals surface area contributed by atoms with E-state index < -0.39 is 39.7 Å². The maximum Gasteiger partial charge on any atom is 0.490 e. The molecule has 7 rings (SSSR count). The van der Waals surface area contributed by atoms with E-state index in [4.69, 9.17) is 15.6 Å². The van der Waals surface area contributed by atoms with Gasteiger partial charge in [0.2, 0.25) is 21.8 Å². The molecular weight excluding hydrogens is 792 g/mol. The van der Waals surface area contributed by atoms with Gasteiger partial charge in [0.05, 0.1) is 18.5 Å². The molecular formula is C41H48F3N7O7S. The Hall–Kier alpha value is -5.62. The quantitative estimate of drug-likeness (QED) is 0.145. The Kier molecular flexibility index (Phi) is 12.9. The molecule has 316 valence electrons. The van der Waals surface area contributed by atoms with E-state index in [1.807, 2.05) is 78.9 Å². The van der Waals surface area contributed by atoms with E-state index in [9.17, 15) is 36.0 Å². The predicted molar refractivity (Wildman–Crippen MR) is 215 cm³/mol. The predicted octanol–water partition coefficient (Wildman–Crippen LogP) is 4.39. The highest BCUT2D eigenvalue weighted by molar-refractivity contribution is 7.92. The van der Waals surface area contributed by atoms with Gasteiger partial charge in [0.1, 0.15) is 12.1 Å². The highest BCUT2D eigenvalue weighted by Gasteiger charge is 2.48. The lowest BCUT2D eigenvalue weighted by molar-refractivity contribution is -0.192. The third-order valence-corrected chi connectivity index (χ3v) is 12.4. The SMILES string of the molecule is CS(=O)(=O)N1CC2(CCN(C(=O)N[C@@H]3Cc4c([nH]c5ccccc45)CN([C@@H](CCCCN)C(=O)NCc4ccccc4)C3=O)CC2)c2ccccc21.O=C(O)C(F)(F)F. The van der Waals surface area contributed by atoms with Crippen molar-refractivity contribution in [3.8, 4) is 0 Å². The topological polar surface area (TPSA) is 198 Å². The highest BCUT2D eigenvalue weighted by Crippen LogP contribution is 2.47. The van der Waals surface area contributed by atoms with Crippen LogP contribution in [-0.4, -0.2) is 103 Å². The van der Waals surface area contributed by atoms with Gasteiger partial charge in [0.25, 0.3) is 0 Å². The first-order valence-corrected chi connectivity index (χ1v) is 21.2. The van der Waals surface area contributed by atoms with Crippen LogP contribution in [0.2, 0.25) is 0 Å². The van der Waals surface area contributed by atoms with Gasteiger partial charge >= 0.3 is 18.2 Å². The minimum Gasteiger partial charge on any atom is -0.475 e. The van der Waals surface area contributed by atoms with Gasteiger partial charge in [-0.1, -0.05) is 66.7 Å². The van der Waals surface area contributed by atoms with Crippen LogP contribution in [0.4, 0.5) is 23.7 Å². The van der Waals surface area contributed by atoms with Crippen LogP contribution in [0.1, 0.15) is 54.5 Å². The Morgan fingerprint density at radius 1 is 0.983 bits per heavy atom. The minimum absolute atomic E-state index is 0.198. The molecule has 59 heavy (non-hydrogen) atoms. The summed E-state index contributed by atoms with van der Waals surface area (Å²) in [7, 11) is -3.47. The van der Waals surface area contributed by atoms with Crippen LogP contribution in [0.3, 0.4) is 0 Å². The van der Waals surface area contributed by atoms with Gasteiger partial charge in [0.15, 0.2) is 0 Å². The molecule has 6 N–H and O–H groups in total. The number of aromatic nitrogens is 1. The van der Waals surface area contributed by atoms with Crippen molar-refractivity contribution in [2.75, 3.05) is 36.7 Å². The van der Waals surface area contributed by atoms with Crippen molar-refractivity contribution in [3.63, 3.8) is 0 Å². The average Bonchev–Trinajstić information content (AvgIpc) is 3.68. The minimum atomic E-state index is -5.08. The number of aliphatic carboxylic acids is 1. The van der Waals surface area contributed by atoms with Crippen LogP contribution in [-0.2, 0) is 49.3 Å². The van der Waals surface area contributed by atoms with E-state index in [1.165, 1.54) is 10.6 Å². The number of alkyl halides is 3. The number of sulfonamides is 1. The second-order valence-electron chi connectivity index (χ2n) is 15.2. The van der Waals surface area contributed by atoms with E-state index in [2.05, 4.69) is 15.6 Å². The van der Waals surface area contributed by atoms with Crippen LogP contribution >= 0.6 is 0 Å². The molecule has 3 aliphatic heterocycles. The van der Waals surface area contributed by atoms with Crippen molar-refractivity contribution in [3.05, 3.63) is 101 Å². The zero-order chi connectivity index (χ0) is 42.5. The number of unbranched alkanes of at least 4 members (excludes halogenated alkanes) is 1. The summed E-state index contributed by atoms with van der Waals surface area (Å²) in [5.41, 5.74) is 10.8. The molecule has 0 unspecified atom stereocenters. The fourth-order valence-corrected chi connectivity index (χ4v) is 9.24. The van der Waals surface area contributed by atoms with E-state index >= 15 is 0 Å². The number of likely N-dealkylation sites (tertiary alicyclic amines) is 1. The molecule has 1 fully saturated rings. The number of halogens is 3. The van der Waals surface area contributed by atoms with Gasteiger partial charge in [-0.15, -0.1) is 0 Å². The van der Waals surface area contributed by atoms with Crippen LogP contribution in [0.5, 0.6) is 0 Å². The van der Waals surface area contributed by atoms with E-state index in [0.29, 0.717) is 70.5 Å². The fourth-order valence-electron chi connectivity index (χ4n) is 8.24. The van der Waals surface area contributed by atoms with E-state index in [-0.39, 0.29) is 30.8 Å². The maximum atomic E-state index is 14.6. The summed E-state index contributed by atoms with van der Waals surface area (Å²) in [5.74, 6) is -3.32. The highest BCUT2D eigenvalue weighted by atomic mass is 32.2. The van der Waals surface area contributed by atoms with Gasteiger partial charge in [-0.3, -0.25) is 13.9 Å². The van der Waals surface area contributed by atoms with Crippen molar-refractivity contribution in [2.24, 2.45) is 5.73 Å². The lowest BCUT2D eigenvalue weighted by atomic mass is 9.74. The number of carbonyl (C=O) groups excluding carboxylic acids is 3. The normalized spacial score (nSPS) is 18.0. The molecule has 0 bridgehead atoms. The number of nitrogens with one attached hydrogen (secondary N) is 3. The summed E-state index contributed by atoms with van der Waals surface area (Å²) in [6.45, 7) is 2.16. The molecule has 4 amide bonds. The molecule has 3 aromatic carbocycles. The molecule has 4 heterocycles. The van der Waals surface area contributed by atoms with Crippen molar-refractivity contribution in [1.29, 1.82) is 0 Å². The summed E-state index contributed by atoms with van der Waals surface area (Å²) in [6.07, 6.45) is -0.596. The zero-order valence-electron chi connectivity index (χ0n) is 32.5. The first-order valence-electron chi connectivity index (χ1n) is 19.4. The number of piperidine rings is 1. The molecule has 2 atom stereocenters. The number of anilines is 1. The number of nitrogens with two attached hydrogens (primary N) is 1. The Morgan fingerprint density at radius 3 is 2.29 bits per heavy atom. The standard InChI is InChI=1S/C39H47N7O5S.C2HF3O2/c1-52(50,51)46-26-39(30-14-6-8-16-34(30)46)18-21-44(22-19-39)38(49)43-32-23-29-28-13-5-7-15-31(28)42-33(29)25-45(37(32)48)35(17-9-10-20-40)36(47)41-24-27-11-3-2-4-12-27;3-2(4,5)1(6)7/h2-8,11-16,32,35,42H,9-10,17-26,40H2,1H3,(H,41,47)(H,43,49);(H,6,7)/t32-,35+;/m1./s1. The number of hydrogen-bond acceptors (Lipinski definition) is 7. The Labute approximate surface area is 340 Å². The summed E-state index contributed by atoms with van der Waals surface area (Å²) >= 11 is 0. The van der Waals surface area contributed by atoms with Crippen LogP contribution in [0.25, 0.3) is 10.9 Å². The van der Waals surface area contributed by atoms with Gasteiger partial charge < -0.3 is 36.3 Å². The van der Waals surface area contributed by atoms with Gasteiger partial charge in [-0.25, -0.2) is 18.0 Å². The number of nitrogens with zero attached hydrogens (tertiary/aromatic N) is 3. The summed E-state index contributed by atoms with van der Waals surface area (Å²) in [6, 6.07) is 23.1. The monoisotopic (exact) mass is 839 g/mol. The third-order valence-electron chi connectivity index (χ3n) is 11.3. The van der Waals surface area contributed by atoms with Gasteiger partial charge in [-0.2, -0.15) is 13.2 Å². The summed E-state index contributed by atoms with van der Waals surface area (Å²) in [4.78, 5) is 58.3. The molecule has 3 aliphatic rings. The van der Waals surface area contributed by atoms with Crippen molar-refractivity contribution >= 4 is 50.4 Å². The van der Waals surface area contributed by atoms with Crippen LogP contribution < -0.4 is 20.7 Å². The van der Waals surface area contributed by atoms with Crippen molar-refractivity contribution in [2.45, 2.75) is 75.3 Å². The van der Waals surface area contributed by atoms with Crippen LogP contribution in [0.15, 0.2) is 78.9 Å². The number of para-hydroxylation sites is 2. The van der Waals surface area contributed by atoms with Gasteiger partial charge in [-0.05, 0) is 67.5 Å². The largest absolute Gasteiger partial charge is 0.490 e. The molecule has 0 aliphatic carbocycles. The molecule has 0 saturated carbocycles. The first-order chi connectivity index (χ1) is 28.0. The Bertz CT molecular complexity index is 2280. The molecule has 4 aromatic rings. The third kappa shape index (κ3) is 9.65. The fraction of sp³-hybridized carbons (Fsp3) is 0.415. The Balaban J connectivity index is 0.000000768. The van der Waals surface area contributed by atoms with Crippen LogP contribution in [0, 0.1) is 0 Å². The number of urea groups is 1. The first kappa shape index (κ1) is 43.0. The number of carboxylic acids is 1. The number of benzene rings is 3. The number of carboxylic acid groups (broad SMARTS) is 1. The number of hydrogen-bond donors (Lipinski definition) is 5. The Morgan fingerprint density at radius 2 is 1.63 bits per heavy atom. The van der Waals surface area contributed by atoms with E-state index in [0.717, 1.165) is 33.3 Å². The smallest absolute Gasteiger partial charge is 0.475 e.